The van der Waals surface area contributed by atoms with Crippen molar-refractivity contribution in [2.75, 3.05) is 0 Å². The fourth-order valence-electron chi connectivity index (χ4n) is 0.491. The molecule has 2 nitrogen and oxygen atoms in total. The van der Waals surface area contributed by atoms with Crippen LogP contribution < -0.4 is 5.32 Å². The van der Waals surface area contributed by atoms with E-state index in [2.05, 4.69) is 5.32 Å². The summed E-state index contributed by atoms with van der Waals surface area (Å²) < 4.78 is 0. The molecule has 42 valence electrons. The predicted molar refractivity (Wildman–Crippen MR) is 37.2 cm³/mol. The number of allylic oxidation sites excluding steroid dienone is 1. The third kappa shape index (κ3) is 0.924. The standard InChI is InChI=1S/C5H6N2S/c6-4-2-1-3-7-5(4)8/h1,3,6H,2H2,(H,7,8). The van der Waals surface area contributed by atoms with Crippen LogP contribution in [0.3, 0.4) is 0 Å². The third-order valence-corrected chi connectivity index (χ3v) is 1.29. The maximum absolute atomic E-state index is 7.14. The van der Waals surface area contributed by atoms with E-state index in [9.17, 15) is 0 Å². The Labute approximate surface area is 53.1 Å². The summed E-state index contributed by atoms with van der Waals surface area (Å²) in [5.74, 6) is 0. The van der Waals surface area contributed by atoms with Crippen LogP contribution in [0.5, 0.6) is 0 Å². The van der Waals surface area contributed by atoms with Gasteiger partial charge in [0.25, 0.3) is 0 Å². The van der Waals surface area contributed by atoms with Crippen LogP contribution in [0.25, 0.3) is 0 Å². The molecule has 0 bridgehead atoms. The second-order valence-electron chi connectivity index (χ2n) is 1.56. The van der Waals surface area contributed by atoms with Gasteiger partial charge in [0.05, 0.1) is 5.71 Å². The topological polar surface area (TPSA) is 35.9 Å². The Hall–Kier alpha value is -0.700. The quantitative estimate of drug-likeness (QED) is 0.472. The van der Waals surface area contributed by atoms with Crippen LogP contribution in [-0.4, -0.2) is 10.7 Å². The highest BCUT2D eigenvalue weighted by Crippen LogP contribution is 1.93. The van der Waals surface area contributed by atoms with Crippen molar-refractivity contribution in [1.29, 1.82) is 5.41 Å². The van der Waals surface area contributed by atoms with Crippen molar-refractivity contribution in [3.63, 3.8) is 0 Å². The first kappa shape index (κ1) is 5.44. The number of hydrogen-bond donors (Lipinski definition) is 2. The van der Waals surface area contributed by atoms with E-state index in [4.69, 9.17) is 17.6 Å². The third-order valence-electron chi connectivity index (χ3n) is 0.928. The minimum Gasteiger partial charge on any atom is -0.352 e. The normalized spacial score (nSPS) is 18.5. The molecule has 0 saturated carbocycles. The summed E-state index contributed by atoms with van der Waals surface area (Å²) in [6.07, 6.45) is 4.31. The molecule has 0 aromatic heterocycles. The van der Waals surface area contributed by atoms with Gasteiger partial charge < -0.3 is 10.7 Å². The van der Waals surface area contributed by atoms with E-state index >= 15 is 0 Å². The lowest BCUT2D eigenvalue weighted by Gasteiger charge is -2.06. The van der Waals surface area contributed by atoms with Gasteiger partial charge in [-0.1, -0.05) is 18.3 Å². The number of nitrogens with one attached hydrogen (secondary N) is 2. The van der Waals surface area contributed by atoms with Crippen molar-refractivity contribution in [2.24, 2.45) is 0 Å². The molecule has 1 aliphatic heterocycles. The van der Waals surface area contributed by atoms with Gasteiger partial charge in [-0.15, -0.1) is 0 Å². The minimum absolute atomic E-state index is 0.502. The molecule has 2 N–H and O–H groups in total. The van der Waals surface area contributed by atoms with Crippen molar-refractivity contribution in [1.82, 2.24) is 5.32 Å². The SMILES string of the molecule is N=C1CC=CNC1=S. The Kier molecular flexibility index (Phi) is 1.39. The molecule has 0 aliphatic carbocycles. The molecule has 0 spiro atoms. The average Bonchev–Trinajstić information content (AvgIpc) is 1.77. The van der Waals surface area contributed by atoms with E-state index in [1.54, 1.807) is 6.20 Å². The molecule has 0 unspecified atom stereocenters. The van der Waals surface area contributed by atoms with Crippen LogP contribution >= 0.6 is 12.2 Å². The van der Waals surface area contributed by atoms with Gasteiger partial charge in [-0.25, -0.2) is 0 Å². The molecule has 0 amide bonds. The first-order valence-electron chi connectivity index (χ1n) is 2.34. The fraction of sp³-hybridized carbons (Fsp3) is 0.200. The first-order chi connectivity index (χ1) is 3.80. The van der Waals surface area contributed by atoms with Gasteiger partial charge in [0.15, 0.2) is 0 Å². The summed E-state index contributed by atoms with van der Waals surface area (Å²) in [6, 6.07) is 0. The Balaban J connectivity index is 2.71. The molecule has 1 aliphatic rings. The molecule has 0 atom stereocenters. The highest BCUT2D eigenvalue weighted by Gasteiger charge is 2.03. The second kappa shape index (κ2) is 2.05. The van der Waals surface area contributed by atoms with E-state index in [1.807, 2.05) is 6.08 Å². The average molecular weight is 126 g/mol. The van der Waals surface area contributed by atoms with Crippen molar-refractivity contribution >= 4 is 22.9 Å². The van der Waals surface area contributed by atoms with Gasteiger partial charge >= 0.3 is 0 Å². The number of thiocarbonyl (C=S) groups is 1. The van der Waals surface area contributed by atoms with Crippen LogP contribution in [-0.2, 0) is 0 Å². The maximum Gasteiger partial charge on any atom is 0.124 e. The van der Waals surface area contributed by atoms with Gasteiger partial charge in [-0.3, -0.25) is 0 Å². The Morgan fingerprint density at radius 3 is 2.88 bits per heavy atom. The highest BCUT2D eigenvalue weighted by molar-refractivity contribution is 7.82. The molecule has 1 heterocycles. The summed E-state index contributed by atoms with van der Waals surface area (Å²) >= 11 is 4.74. The zero-order chi connectivity index (χ0) is 5.98. The smallest absolute Gasteiger partial charge is 0.124 e. The van der Waals surface area contributed by atoms with Crippen LogP contribution in [0.4, 0.5) is 0 Å². The first-order valence-corrected chi connectivity index (χ1v) is 2.75. The predicted octanol–water partition coefficient (Wildman–Crippen LogP) is 0.841. The summed E-state index contributed by atoms with van der Waals surface area (Å²) in [7, 11) is 0. The van der Waals surface area contributed by atoms with E-state index in [0.29, 0.717) is 17.1 Å². The highest BCUT2D eigenvalue weighted by atomic mass is 32.1. The van der Waals surface area contributed by atoms with Crippen molar-refractivity contribution in [3.8, 4) is 0 Å². The Morgan fingerprint density at radius 2 is 2.50 bits per heavy atom. The Bertz CT molecular complexity index is 142. The van der Waals surface area contributed by atoms with Crippen LogP contribution in [0.1, 0.15) is 6.42 Å². The van der Waals surface area contributed by atoms with Crippen LogP contribution in [0.15, 0.2) is 12.3 Å². The molecule has 0 radical (unpaired) electrons. The summed E-state index contributed by atoms with van der Waals surface area (Å²) in [5.41, 5.74) is 0.502. The van der Waals surface area contributed by atoms with Crippen molar-refractivity contribution in [2.45, 2.75) is 6.42 Å². The van der Waals surface area contributed by atoms with Crippen LogP contribution in [0.2, 0.25) is 0 Å². The minimum atomic E-state index is 0.502. The lowest BCUT2D eigenvalue weighted by Crippen LogP contribution is -2.26. The molecule has 0 saturated heterocycles. The van der Waals surface area contributed by atoms with E-state index in [0.717, 1.165) is 0 Å². The fourth-order valence-corrected chi connectivity index (χ4v) is 0.643. The van der Waals surface area contributed by atoms with Crippen LogP contribution in [0, 0.1) is 5.41 Å². The zero-order valence-electron chi connectivity index (χ0n) is 4.27. The molecule has 0 aromatic rings. The summed E-state index contributed by atoms with van der Waals surface area (Å²) in [6.45, 7) is 0. The number of hydrogen-bond acceptors (Lipinski definition) is 2. The van der Waals surface area contributed by atoms with Gasteiger partial charge in [0.2, 0.25) is 0 Å². The molecular weight excluding hydrogens is 120 g/mol. The molecule has 8 heavy (non-hydrogen) atoms. The monoisotopic (exact) mass is 126 g/mol. The largest absolute Gasteiger partial charge is 0.352 e. The van der Waals surface area contributed by atoms with Crippen molar-refractivity contribution < 1.29 is 0 Å². The maximum atomic E-state index is 7.14. The van der Waals surface area contributed by atoms with Gasteiger partial charge in [0, 0.05) is 6.42 Å². The molecule has 0 aromatic carbocycles. The summed E-state index contributed by atoms with van der Waals surface area (Å²) in [4.78, 5) is 0.549. The zero-order valence-corrected chi connectivity index (χ0v) is 5.09. The van der Waals surface area contributed by atoms with E-state index < -0.39 is 0 Å². The van der Waals surface area contributed by atoms with E-state index in [1.165, 1.54) is 0 Å². The molecule has 0 fully saturated rings. The molecule has 1 rings (SSSR count). The van der Waals surface area contributed by atoms with Gasteiger partial charge in [-0.05, 0) is 6.20 Å². The summed E-state index contributed by atoms with van der Waals surface area (Å²) in [5, 5.41) is 9.90. The lowest BCUT2D eigenvalue weighted by atomic mass is 10.2. The molecular formula is C5H6N2S. The van der Waals surface area contributed by atoms with Gasteiger partial charge in [-0.2, -0.15) is 0 Å². The number of rotatable bonds is 0. The Morgan fingerprint density at radius 1 is 1.75 bits per heavy atom. The second-order valence-corrected chi connectivity index (χ2v) is 1.97. The van der Waals surface area contributed by atoms with E-state index in [-0.39, 0.29) is 0 Å². The van der Waals surface area contributed by atoms with Crippen molar-refractivity contribution in [3.05, 3.63) is 12.3 Å². The lowest BCUT2D eigenvalue weighted by molar-refractivity contribution is 1.23. The van der Waals surface area contributed by atoms with Gasteiger partial charge in [0.1, 0.15) is 4.99 Å². The molecule has 3 heteroatoms.